The molecule has 2 atom stereocenters. The van der Waals surface area contributed by atoms with Crippen LogP contribution in [0.4, 0.5) is 21.1 Å². The van der Waals surface area contributed by atoms with Gasteiger partial charge in [-0.2, -0.15) is 0 Å². The minimum atomic E-state index is -0.622. The van der Waals surface area contributed by atoms with Crippen molar-refractivity contribution in [2.45, 2.75) is 57.7 Å². The summed E-state index contributed by atoms with van der Waals surface area (Å²) in [5, 5.41) is 6.48. The van der Waals surface area contributed by atoms with Gasteiger partial charge in [-0.25, -0.2) is 14.6 Å². The summed E-state index contributed by atoms with van der Waals surface area (Å²) in [6.45, 7) is 5.41. The van der Waals surface area contributed by atoms with E-state index in [1.165, 1.54) is 0 Å². The third-order valence-corrected chi connectivity index (χ3v) is 6.14. The Morgan fingerprint density at radius 1 is 1.13 bits per heavy atom. The SMILES string of the molecule is CC(C)(C)OC(=O)Nc1nccc2c1C1CCC(C2)N1C(=O)Nc1ccc(Cl)c(Cl)c1. The molecule has 164 valence electrons. The molecule has 0 spiro atoms. The van der Waals surface area contributed by atoms with Crippen LogP contribution in [0, 0.1) is 0 Å². The molecule has 2 aliphatic heterocycles. The predicted octanol–water partition coefficient (Wildman–Crippen LogP) is 6.03. The molecule has 2 N–H and O–H groups in total. The molecule has 1 saturated heterocycles. The zero-order valence-electron chi connectivity index (χ0n) is 17.5. The van der Waals surface area contributed by atoms with Crippen LogP contribution >= 0.6 is 23.2 Å². The first-order valence-electron chi connectivity index (χ1n) is 10.1. The largest absolute Gasteiger partial charge is 0.444 e. The van der Waals surface area contributed by atoms with Crippen molar-refractivity contribution in [3.63, 3.8) is 0 Å². The van der Waals surface area contributed by atoms with Gasteiger partial charge in [-0.1, -0.05) is 23.2 Å². The van der Waals surface area contributed by atoms with Gasteiger partial charge in [0.1, 0.15) is 11.4 Å². The normalized spacial score (nSPS) is 19.6. The molecule has 0 radical (unpaired) electrons. The van der Waals surface area contributed by atoms with E-state index in [2.05, 4.69) is 15.6 Å². The number of nitrogens with zero attached hydrogens (tertiary/aromatic N) is 2. The third kappa shape index (κ3) is 4.57. The molecule has 2 unspecified atom stereocenters. The molecule has 3 heterocycles. The quantitative estimate of drug-likeness (QED) is 0.570. The molecule has 9 heteroatoms. The van der Waals surface area contributed by atoms with Crippen LogP contribution in [0.3, 0.4) is 0 Å². The maximum absolute atomic E-state index is 13.2. The molecular weight excluding hydrogens is 439 g/mol. The van der Waals surface area contributed by atoms with Gasteiger partial charge in [-0.05, 0) is 69.9 Å². The number of ether oxygens (including phenoxy) is 1. The van der Waals surface area contributed by atoms with Gasteiger partial charge >= 0.3 is 12.1 Å². The number of hydrogen-bond donors (Lipinski definition) is 2. The lowest BCUT2D eigenvalue weighted by atomic mass is 9.94. The highest BCUT2D eigenvalue weighted by Crippen LogP contribution is 2.46. The van der Waals surface area contributed by atoms with E-state index >= 15 is 0 Å². The summed E-state index contributed by atoms with van der Waals surface area (Å²) in [4.78, 5) is 31.7. The number of halogens is 2. The zero-order chi connectivity index (χ0) is 22.3. The van der Waals surface area contributed by atoms with Crippen molar-refractivity contribution in [2.75, 3.05) is 10.6 Å². The molecule has 31 heavy (non-hydrogen) atoms. The monoisotopic (exact) mass is 462 g/mol. The molecule has 2 aliphatic rings. The van der Waals surface area contributed by atoms with Gasteiger partial charge in [0.15, 0.2) is 0 Å². The van der Waals surface area contributed by atoms with Crippen LogP contribution in [0.5, 0.6) is 0 Å². The highest BCUT2D eigenvalue weighted by molar-refractivity contribution is 6.42. The Morgan fingerprint density at radius 3 is 2.61 bits per heavy atom. The van der Waals surface area contributed by atoms with Crippen LogP contribution in [0.2, 0.25) is 10.0 Å². The van der Waals surface area contributed by atoms with Gasteiger partial charge < -0.3 is 15.0 Å². The molecule has 2 bridgehead atoms. The minimum Gasteiger partial charge on any atom is -0.444 e. The number of fused-ring (bicyclic) bond motifs is 4. The number of aromatic nitrogens is 1. The lowest BCUT2D eigenvalue weighted by molar-refractivity contribution is 0.0635. The van der Waals surface area contributed by atoms with Gasteiger partial charge in [0.25, 0.3) is 0 Å². The first-order chi connectivity index (χ1) is 14.6. The van der Waals surface area contributed by atoms with Gasteiger partial charge in [0, 0.05) is 23.5 Å². The second kappa shape index (κ2) is 8.20. The molecule has 0 saturated carbocycles. The lowest BCUT2D eigenvalue weighted by Gasteiger charge is -2.37. The van der Waals surface area contributed by atoms with E-state index in [-0.39, 0.29) is 18.1 Å². The first kappa shape index (κ1) is 21.7. The number of hydrogen-bond acceptors (Lipinski definition) is 4. The topological polar surface area (TPSA) is 83.6 Å². The number of benzene rings is 1. The second-order valence-corrected chi connectivity index (χ2v) is 9.59. The maximum Gasteiger partial charge on any atom is 0.413 e. The van der Waals surface area contributed by atoms with E-state index < -0.39 is 11.7 Å². The number of anilines is 2. The van der Waals surface area contributed by atoms with E-state index in [4.69, 9.17) is 27.9 Å². The molecule has 7 nitrogen and oxygen atoms in total. The summed E-state index contributed by atoms with van der Waals surface area (Å²) in [6, 6.07) is 6.61. The average Bonchev–Trinajstić information content (AvgIpc) is 2.97. The van der Waals surface area contributed by atoms with E-state index in [1.54, 1.807) is 45.2 Å². The van der Waals surface area contributed by atoms with E-state index in [1.807, 2.05) is 11.0 Å². The molecule has 4 rings (SSSR count). The summed E-state index contributed by atoms with van der Waals surface area (Å²) < 4.78 is 5.38. The highest BCUT2D eigenvalue weighted by Gasteiger charge is 2.44. The summed E-state index contributed by atoms with van der Waals surface area (Å²) in [6.07, 6.45) is 3.48. The number of pyridine rings is 1. The summed E-state index contributed by atoms with van der Waals surface area (Å²) in [7, 11) is 0. The number of nitrogens with one attached hydrogen (secondary N) is 2. The van der Waals surface area contributed by atoms with Crippen LogP contribution in [0.15, 0.2) is 30.5 Å². The van der Waals surface area contributed by atoms with Crippen LogP contribution in [-0.4, -0.2) is 33.7 Å². The Morgan fingerprint density at radius 2 is 1.90 bits per heavy atom. The first-order valence-corrected chi connectivity index (χ1v) is 10.9. The number of carbonyl (C=O) groups is 2. The summed E-state index contributed by atoms with van der Waals surface area (Å²) >= 11 is 12.0. The van der Waals surface area contributed by atoms with Gasteiger partial charge in [0.05, 0.1) is 16.1 Å². The van der Waals surface area contributed by atoms with Crippen LogP contribution in [0.1, 0.15) is 50.8 Å². The Bertz CT molecular complexity index is 1040. The molecule has 1 fully saturated rings. The van der Waals surface area contributed by atoms with Crippen molar-refractivity contribution < 1.29 is 14.3 Å². The van der Waals surface area contributed by atoms with Gasteiger partial charge in [-0.15, -0.1) is 0 Å². The summed E-state index contributed by atoms with van der Waals surface area (Å²) in [5.41, 5.74) is 1.91. The smallest absolute Gasteiger partial charge is 0.413 e. The second-order valence-electron chi connectivity index (χ2n) is 8.78. The minimum absolute atomic E-state index is 0.0806. The average molecular weight is 463 g/mol. The fourth-order valence-electron chi connectivity index (χ4n) is 4.25. The number of carbonyl (C=O) groups excluding carboxylic acids is 2. The van der Waals surface area contributed by atoms with Crippen LogP contribution in [0.25, 0.3) is 0 Å². The Hall–Kier alpha value is -2.51. The molecule has 1 aromatic heterocycles. The standard InChI is InChI=1S/C22H24Cl2N4O3/c1-22(2,3)31-21(30)27-19-18-12(8-9-25-19)10-14-5-7-17(18)28(14)20(29)26-13-4-6-15(23)16(24)11-13/h4,6,8-9,11,14,17H,5,7,10H2,1-3H3,(H,26,29)(H,25,27,30). The van der Waals surface area contributed by atoms with Crippen LogP contribution < -0.4 is 10.6 Å². The van der Waals surface area contributed by atoms with Crippen LogP contribution in [-0.2, 0) is 11.2 Å². The van der Waals surface area contributed by atoms with E-state index in [0.29, 0.717) is 28.0 Å². The summed E-state index contributed by atoms with van der Waals surface area (Å²) in [5.74, 6) is 0.435. The zero-order valence-corrected chi connectivity index (χ0v) is 19.0. The van der Waals surface area contributed by atoms with Crippen molar-refractivity contribution in [1.29, 1.82) is 0 Å². The number of urea groups is 1. The van der Waals surface area contributed by atoms with Crippen molar-refractivity contribution >= 4 is 46.8 Å². The maximum atomic E-state index is 13.2. The molecule has 1 aromatic carbocycles. The Kier molecular flexibility index (Phi) is 5.75. The molecule has 2 aromatic rings. The Balaban J connectivity index is 1.58. The highest BCUT2D eigenvalue weighted by atomic mass is 35.5. The van der Waals surface area contributed by atoms with E-state index in [0.717, 1.165) is 24.0 Å². The van der Waals surface area contributed by atoms with E-state index in [9.17, 15) is 9.59 Å². The van der Waals surface area contributed by atoms with Gasteiger partial charge in [-0.3, -0.25) is 5.32 Å². The lowest BCUT2D eigenvalue weighted by Crippen LogP contribution is -2.44. The van der Waals surface area contributed by atoms with Crippen molar-refractivity contribution in [1.82, 2.24) is 9.88 Å². The Labute approximate surface area is 191 Å². The number of rotatable bonds is 2. The van der Waals surface area contributed by atoms with Gasteiger partial charge in [0.2, 0.25) is 0 Å². The fraction of sp³-hybridized carbons (Fsp3) is 0.409. The molecular formula is C22H24Cl2N4O3. The predicted molar refractivity (Wildman–Crippen MR) is 121 cm³/mol. The van der Waals surface area contributed by atoms with Crippen molar-refractivity contribution in [3.8, 4) is 0 Å². The fourth-order valence-corrected chi connectivity index (χ4v) is 4.55. The molecule has 0 aliphatic carbocycles. The van der Waals surface area contributed by atoms with Crippen molar-refractivity contribution in [2.24, 2.45) is 0 Å². The third-order valence-electron chi connectivity index (χ3n) is 5.40. The number of amides is 3. The molecule has 3 amide bonds. The van der Waals surface area contributed by atoms with Crippen molar-refractivity contribution in [3.05, 3.63) is 51.6 Å².